The number of benzene rings is 3. The van der Waals surface area contributed by atoms with Gasteiger partial charge < -0.3 is 43.7 Å². The maximum atomic E-state index is 11.8. The highest BCUT2D eigenvalue weighted by Gasteiger charge is 2.23. The minimum Gasteiger partial charge on any atom is -0.507 e. The van der Waals surface area contributed by atoms with E-state index < -0.39 is 17.9 Å². The summed E-state index contributed by atoms with van der Waals surface area (Å²) in [6.07, 6.45) is 0.0603. The number of nitrogens with zero attached hydrogens (tertiary/aromatic N) is 3. The Morgan fingerprint density at radius 3 is 0.981 bits per heavy atom. The first-order valence-corrected chi connectivity index (χ1v) is 17.5. The molecule has 1 aromatic heterocycles. The third kappa shape index (κ3) is 10.1. The van der Waals surface area contributed by atoms with Crippen LogP contribution in [0.1, 0.15) is 56.7 Å². The van der Waals surface area contributed by atoms with Gasteiger partial charge in [-0.15, -0.1) is 0 Å². The van der Waals surface area contributed by atoms with Gasteiger partial charge in [0.2, 0.25) is 0 Å². The Balaban J connectivity index is 1.76. The minimum absolute atomic E-state index is 0.00676. The number of hydrogen-bond acceptors (Lipinski definition) is 15. The van der Waals surface area contributed by atoms with E-state index in [0.717, 1.165) is 0 Å². The molecule has 0 saturated heterocycles. The molecule has 1 heterocycles. The average molecular weight is 748 g/mol. The number of rotatable bonds is 18. The highest BCUT2D eigenvalue weighted by molar-refractivity contribution is 5.77. The van der Waals surface area contributed by atoms with E-state index in [-0.39, 0.29) is 110 Å². The molecule has 0 unspecified atom stereocenters. The lowest BCUT2D eigenvalue weighted by Gasteiger charge is -2.16. The first kappa shape index (κ1) is 40.6. The van der Waals surface area contributed by atoms with Gasteiger partial charge in [0.15, 0.2) is 17.5 Å². The number of ether oxygens (including phenoxy) is 6. The molecule has 0 spiro atoms. The van der Waals surface area contributed by atoms with E-state index in [1.807, 2.05) is 0 Å². The van der Waals surface area contributed by atoms with Crippen molar-refractivity contribution in [3.63, 3.8) is 0 Å². The van der Waals surface area contributed by atoms with Crippen molar-refractivity contribution in [1.82, 2.24) is 15.0 Å². The summed E-state index contributed by atoms with van der Waals surface area (Å²) in [6, 6.07) is 9.44. The highest BCUT2D eigenvalue weighted by Crippen LogP contribution is 2.41. The van der Waals surface area contributed by atoms with Crippen LogP contribution < -0.4 is 14.2 Å². The minimum atomic E-state index is -0.411. The molecule has 15 heteroatoms. The van der Waals surface area contributed by atoms with Crippen molar-refractivity contribution in [1.29, 1.82) is 0 Å². The van der Waals surface area contributed by atoms with Crippen LogP contribution in [0.5, 0.6) is 34.5 Å². The Morgan fingerprint density at radius 1 is 0.481 bits per heavy atom. The number of carbonyl (C=O) groups is 3. The molecule has 0 amide bonds. The van der Waals surface area contributed by atoms with Crippen LogP contribution in [-0.2, 0) is 28.6 Å². The van der Waals surface area contributed by atoms with Gasteiger partial charge in [-0.05, 0) is 77.9 Å². The second-order valence-electron chi connectivity index (χ2n) is 11.8. The van der Waals surface area contributed by atoms with Crippen molar-refractivity contribution in [3.05, 3.63) is 53.1 Å². The Hall–Kier alpha value is -6.12. The maximum absolute atomic E-state index is 11.8. The first-order valence-electron chi connectivity index (χ1n) is 17.5. The van der Waals surface area contributed by atoms with Crippen molar-refractivity contribution in [2.24, 2.45) is 0 Å². The predicted molar refractivity (Wildman–Crippen MR) is 196 cm³/mol. The Labute approximate surface area is 312 Å². The Kier molecular flexibility index (Phi) is 14.4. The monoisotopic (exact) mass is 747 g/mol. The fourth-order valence-electron chi connectivity index (χ4n) is 5.23. The quantitative estimate of drug-likeness (QED) is 0.0799. The topological polar surface area (TPSA) is 206 Å². The van der Waals surface area contributed by atoms with Crippen LogP contribution in [-0.4, -0.2) is 87.8 Å². The van der Waals surface area contributed by atoms with Crippen molar-refractivity contribution in [2.45, 2.75) is 60.8 Å². The van der Waals surface area contributed by atoms with E-state index in [1.165, 1.54) is 0 Å². The van der Waals surface area contributed by atoms with Crippen LogP contribution in [0.3, 0.4) is 0 Å². The van der Waals surface area contributed by atoms with Crippen LogP contribution in [0, 0.1) is 20.8 Å². The molecule has 0 saturated carbocycles. The summed E-state index contributed by atoms with van der Waals surface area (Å²) in [6.45, 7) is 10.9. The first-order chi connectivity index (χ1) is 25.9. The lowest BCUT2D eigenvalue weighted by Crippen LogP contribution is -2.10. The Bertz CT molecular complexity index is 1750. The van der Waals surface area contributed by atoms with Gasteiger partial charge in [0, 0.05) is 16.7 Å². The van der Waals surface area contributed by atoms with Gasteiger partial charge in [-0.25, -0.2) is 15.0 Å². The summed E-state index contributed by atoms with van der Waals surface area (Å²) in [5.74, 6) is -0.847. The number of aromatic nitrogens is 3. The van der Waals surface area contributed by atoms with Crippen molar-refractivity contribution >= 4 is 17.9 Å². The van der Waals surface area contributed by atoms with Crippen molar-refractivity contribution in [3.8, 4) is 68.7 Å². The molecule has 54 heavy (non-hydrogen) atoms. The molecule has 0 bridgehead atoms. The molecule has 0 radical (unpaired) electrons. The van der Waals surface area contributed by atoms with Gasteiger partial charge in [0.25, 0.3) is 0 Å². The molecule has 0 aliphatic heterocycles. The third-order valence-corrected chi connectivity index (χ3v) is 8.11. The zero-order chi connectivity index (χ0) is 39.4. The van der Waals surface area contributed by atoms with E-state index in [2.05, 4.69) is 15.0 Å². The number of aromatic hydroxyl groups is 3. The largest absolute Gasteiger partial charge is 0.507 e. The van der Waals surface area contributed by atoms with E-state index in [0.29, 0.717) is 33.9 Å². The molecule has 288 valence electrons. The lowest BCUT2D eigenvalue weighted by atomic mass is 10.1. The summed E-state index contributed by atoms with van der Waals surface area (Å²) in [4.78, 5) is 49.2. The van der Waals surface area contributed by atoms with Gasteiger partial charge in [0.05, 0.1) is 75.6 Å². The van der Waals surface area contributed by atoms with Crippen LogP contribution in [0.2, 0.25) is 0 Å². The van der Waals surface area contributed by atoms with Gasteiger partial charge in [-0.2, -0.15) is 0 Å². The van der Waals surface area contributed by atoms with E-state index in [9.17, 15) is 29.7 Å². The lowest BCUT2D eigenvalue weighted by molar-refractivity contribution is -0.144. The van der Waals surface area contributed by atoms with Crippen LogP contribution in [0.15, 0.2) is 36.4 Å². The van der Waals surface area contributed by atoms with E-state index >= 15 is 0 Å². The molecule has 0 aliphatic rings. The smallest absolute Gasteiger partial charge is 0.309 e. The average Bonchev–Trinajstić information content (AvgIpc) is 3.14. The van der Waals surface area contributed by atoms with Gasteiger partial charge in [-0.1, -0.05) is 0 Å². The molecule has 0 atom stereocenters. The summed E-state index contributed by atoms with van der Waals surface area (Å²) in [7, 11) is 0. The van der Waals surface area contributed by atoms with E-state index in [1.54, 1.807) is 77.9 Å². The maximum Gasteiger partial charge on any atom is 0.309 e. The SMILES string of the molecule is CCOC(=O)CCOc1ccc(-c2nc(-c3ccc(OCCC(=O)OCC)c(C)c3O)nc(-c3ccc(OCCC(=O)OCC)c(C)c3O)n2)c(O)c1C. The summed E-state index contributed by atoms with van der Waals surface area (Å²) < 4.78 is 32.1. The number of phenolic OH excluding ortho intramolecular Hbond substituents is 3. The zero-order valence-electron chi connectivity index (χ0n) is 31.2. The molecule has 4 aromatic rings. The number of phenols is 3. The Morgan fingerprint density at radius 2 is 0.741 bits per heavy atom. The number of hydrogen-bond donors (Lipinski definition) is 3. The fourth-order valence-corrected chi connectivity index (χ4v) is 5.23. The predicted octanol–water partition coefficient (Wildman–Crippen LogP) is 5.91. The highest BCUT2D eigenvalue weighted by atomic mass is 16.5. The summed E-state index contributed by atoms with van der Waals surface area (Å²) in [5.41, 5.74) is 1.64. The summed E-state index contributed by atoms with van der Waals surface area (Å²) in [5, 5.41) is 34.1. The van der Waals surface area contributed by atoms with Gasteiger partial charge in [-0.3, -0.25) is 14.4 Å². The van der Waals surface area contributed by atoms with Crippen LogP contribution in [0.4, 0.5) is 0 Å². The van der Waals surface area contributed by atoms with Crippen LogP contribution in [0.25, 0.3) is 34.2 Å². The molecular weight excluding hydrogens is 702 g/mol. The number of esters is 3. The van der Waals surface area contributed by atoms with Gasteiger partial charge >= 0.3 is 17.9 Å². The standard InChI is InChI=1S/C39H45N3O12/c1-7-49-31(43)16-19-52-28-13-10-25(34(46)22(28)4)37-40-38(26-11-14-29(23(5)35(26)47)53-20-17-32(44)50-8-2)42-39(41-37)27-12-15-30(24(6)36(27)48)54-21-18-33(45)51-9-3/h10-15,46-48H,7-9,16-21H2,1-6H3. The van der Waals surface area contributed by atoms with Gasteiger partial charge in [0.1, 0.15) is 34.5 Å². The summed E-state index contributed by atoms with van der Waals surface area (Å²) >= 11 is 0. The molecule has 3 aromatic carbocycles. The second-order valence-corrected chi connectivity index (χ2v) is 11.8. The van der Waals surface area contributed by atoms with E-state index in [4.69, 9.17) is 28.4 Å². The molecule has 0 aliphatic carbocycles. The second kappa shape index (κ2) is 19.1. The molecular formula is C39H45N3O12. The van der Waals surface area contributed by atoms with Crippen LogP contribution >= 0.6 is 0 Å². The van der Waals surface area contributed by atoms with Crippen molar-refractivity contribution in [2.75, 3.05) is 39.6 Å². The molecule has 3 N–H and O–H groups in total. The zero-order valence-corrected chi connectivity index (χ0v) is 31.2. The molecule has 4 rings (SSSR count). The normalized spacial score (nSPS) is 10.8. The molecule has 15 nitrogen and oxygen atoms in total. The third-order valence-electron chi connectivity index (χ3n) is 8.11. The molecule has 0 fully saturated rings. The van der Waals surface area contributed by atoms with Crippen molar-refractivity contribution < 1.29 is 58.1 Å². The fraction of sp³-hybridized carbons (Fsp3) is 0.385. The number of carbonyl (C=O) groups excluding carboxylic acids is 3.